The number of carboxylic acid groups (broad SMARTS) is 1. The zero-order valence-electron chi connectivity index (χ0n) is 12.0. The van der Waals surface area contributed by atoms with Gasteiger partial charge in [-0.05, 0) is 19.1 Å². The summed E-state index contributed by atoms with van der Waals surface area (Å²) in [6.07, 6.45) is -5.16. The summed E-state index contributed by atoms with van der Waals surface area (Å²) in [5, 5.41) is 9.43. The molecule has 0 amide bonds. The Hall–Kier alpha value is -1.31. The Labute approximate surface area is 125 Å². The van der Waals surface area contributed by atoms with Crippen molar-refractivity contribution < 1.29 is 23.1 Å². The number of carbonyl (C=O) groups is 1. The van der Waals surface area contributed by atoms with Crippen LogP contribution in [0.1, 0.15) is 54.5 Å². The van der Waals surface area contributed by atoms with Gasteiger partial charge in [0.1, 0.15) is 16.4 Å². The molecule has 1 rings (SSSR count). The number of rotatable bonds is 6. The molecule has 8 heteroatoms. The molecule has 1 heterocycles. The molecule has 1 N–H and O–H groups in total. The molecule has 0 atom stereocenters. The molecule has 0 spiro atoms. The summed E-state index contributed by atoms with van der Waals surface area (Å²) in [4.78, 5) is 19.6. The molecule has 0 aromatic carbocycles. The maximum absolute atomic E-state index is 12.1. The van der Waals surface area contributed by atoms with Gasteiger partial charge in [0.2, 0.25) is 0 Å². The van der Waals surface area contributed by atoms with Gasteiger partial charge in [-0.15, -0.1) is 11.8 Å². The second-order valence-electron chi connectivity index (χ2n) is 4.87. The number of nitrogens with zero attached hydrogens (tertiary/aromatic N) is 2. The quantitative estimate of drug-likeness (QED) is 0.486. The molecule has 0 saturated heterocycles. The second-order valence-corrected chi connectivity index (χ2v) is 5.96. The van der Waals surface area contributed by atoms with E-state index < -0.39 is 18.6 Å². The Kier molecular flexibility index (Phi) is 6.00. The van der Waals surface area contributed by atoms with Crippen LogP contribution in [-0.4, -0.2) is 33.0 Å². The predicted octanol–water partition coefficient (Wildman–Crippen LogP) is 4.04. The average Bonchev–Trinajstić information content (AvgIpc) is 2.32. The van der Waals surface area contributed by atoms with Crippen molar-refractivity contribution >= 4 is 17.7 Å². The van der Waals surface area contributed by atoms with Gasteiger partial charge in [0, 0.05) is 12.3 Å². The van der Waals surface area contributed by atoms with Crippen LogP contribution in [0.5, 0.6) is 0 Å². The molecule has 0 aliphatic carbocycles. The van der Waals surface area contributed by atoms with E-state index in [2.05, 4.69) is 9.97 Å². The van der Waals surface area contributed by atoms with Crippen LogP contribution in [0.4, 0.5) is 13.2 Å². The summed E-state index contributed by atoms with van der Waals surface area (Å²) >= 11 is 1.03. The number of aryl methyl sites for hydroxylation is 1. The molecule has 0 saturated carbocycles. The Morgan fingerprint density at radius 2 is 1.95 bits per heavy atom. The fourth-order valence-corrected chi connectivity index (χ4v) is 2.64. The van der Waals surface area contributed by atoms with Gasteiger partial charge in [0.25, 0.3) is 0 Å². The Morgan fingerprint density at radius 3 is 2.43 bits per heavy atom. The molecule has 4 nitrogen and oxygen atoms in total. The van der Waals surface area contributed by atoms with Gasteiger partial charge in [0.15, 0.2) is 0 Å². The van der Waals surface area contributed by atoms with Crippen molar-refractivity contribution in [1.82, 2.24) is 9.97 Å². The van der Waals surface area contributed by atoms with Crippen molar-refractivity contribution in [3.63, 3.8) is 0 Å². The first-order valence-corrected chi connectivity index (χ1v) is 7.41. The first-order chi connectivity index (χ1) is 9.61. The summed E-state index contributed by atoms with van der Waals surface area (Å²) in [7, 11) is 0. The largest absolute Gasteiger partial charge is 0.478 e. The Bertz CT molecular complexity index is 519. The highest BCUT2D eigenvalue weighted by Crippen LogP contribution is 2.28. The number of halogens is 3. The first-order valence-electron chi connectivity index (χ1n) is 6.43. The third kappa shape index (κ3) is 5.53. The number of aromatic carboxylic acids is 1. The zero-order valence-corrected chi connectivity index (χ0v) is 12.8. The van der Waals surface area contributed by atoms with Crippen molar-refractivity contribution in [3.05, 3.63) is 17.1 Å². The highest BCUT2D eigenvalue weighted by atomic mass is 32.2. The third-order valence-corrected chi connectivity index (χ3v) is 3.71. The molecule has 0 bridgehead atoms. The zero-order chi connectivity index (χ0) is 16.2. The average molecular weight is 322 g/mol. The van der Waals surface area contributed by atoms with E-state index in [0.717, 1.165) is 11.8 Å². The van der Waals surface area contributed by atoms with Gasteiger partial charge in [-0.25, -0.2) is 14.8 Å². The van der Waals surface area contributed by atoms with Crippen molar-refractivity contribution in [2.45, 2.75) is 50.7 Å². The van der Waals surface area contributed by atoms with Gasteiger partial charge >= 0.3 is 12.1 Å². The summed E-state index contributed by atoms with van der Waals surface area (Å²) < 4.78 is 36.3. The normalized spacial score (nSPS) is 12.0. The SMILES string of the molecule is Cc1nc(C(C)C)nc(SCCCC(F)(F)F)c1C(=O)O. The van der Waals surface area contributed by atoms with Crippen LogP contribution in [0.15, 0.2) is 5.03 Å². The summed E-state index contributed by atoms with van der Waals surface area (Å²) in [5.41, 5.74) is 0.302. The molecule has 0 unspecified atom stereocenters. The fraction of sp³-hybridized carbons (Fsp3) is 0.615. The molecule has 118 valence electrons. The van der Waals surface area contributed by atoms with Crippen LogP contribution in [0, 0.1) is 6.92 Å². The van der Waals surface area contributed by atoms with E-state index in [4.69, 9.17) is 0 Å². The van der Waals surface area contributed by atoms with E-state index in [9.17, 15) is 23.1 Å². The van der Waals surface area contributed by atoms with Crippen LogP contribution >= 0.6 is 11.8 Å². The molecular formula is C13H17F3N2O2S. The van der Waals surface area contributed by atoms with Gasteiger partial charge in [-0.1, -0.05) is 13.8 Å². The van der Waals surface area contributed by atoms with Crippen molar-refractivity contribution in [2.24, 2.45) is 0 Å². The van der Waals surface area contributed by atoms with Gasteiger partial charge < -0.3 is 5.11 Å². The molecular weight excluding hydrogens is 305 g/mol. The predicted molar refractivity (Wildman–Crippen MR) is 73.8 cm³/mol. The first kappa shape index (κ1) is 17.7. The number of alkyl halides is 3. The van der Waals surface area contributed by atoms with Crippen molar-refractivity contribution in [1.29, 1.82) is 0 Å². The van der Waals surface area contributed by atoms with E-state index >= 15 is 0 Å². The number of thioether (sulfide) groups is 1. The lowest BCUT2D eigenvalue weighted by atomic mass is 10.2. The Morgan fingerprint density at radius 1 is 1.33 bits per heavy atom. The second kappa shape index (κ2) is 7.11. The van der Waals surface area contributed by atoms with Crippen LogP contribution in [-0.2, 0) is 0 Å². The molecule has 0 aliphatic heterocycles. The smallest absolute Gasteiger partial charge is 0.389 e. The maximum atomic E-state index is 12.1. The number of aromatic nitrogens is 2. The van der Waals surface area contributed by atoms with Crippen LogP contribution in [0.25, 0.3) is 0 Å². The third-order valence-electron chi connectivity index (χ3n) is 2.65. The Balaban J connectivity index is 2.90. The lowest BCUT2D eigenvalue weighted by Gasteiger charge is -2.12. The number of carboxylic acids is 1. The molecule has 1 aromatic rings. The summed E-state index contributed by atoms with van der Waals surface area (Å²) in [6.45, 7) is 5.30. The van der Waals surface area contributed by atoms with Gasteiger partial charge in [-0.2, -0.15) is 13.2 Å². The number of hydrogen-bond donors (Lipinski definition) is 1. The summed E-state index contributed by atoms with van der Waals surface area (Å²) in [6, 6.07) is 0. The highest BCUT2D eigenvalue weighted by molar-refractivity contribution is 7.99. The van der Waals surface area contributed by atoms with E-state index in [1.807, 2.05) is 13.8 Å². The highest BCUT2D eigenvalue weighted by Gasteiger charge is 2.26. The minimum atomic E-state index is -4.19. The fourth-order valence-electron chi connectivity index (χ4n) is 1.62. The monoisotopic (exact) mass is 322 g/mol. The van der Waals surface area contributed by atoms with E-state index in [1.165, 1.54) is 0 Å². The topological polar surface area (TPSA) is 63.1 Å². The number of hydrogen-bond acceptors (Lipinski definition) is 4. The molecule has 0 aliphatic rings. The van der Waals surface area contributed by atoms with Crippen LogP contribution in [0.3, 0.4) is 0 Å². The van der Waals surface area contributed by atoms with Gasteiger partial charge in [0.05, 0.1) is 5.69 Å². The lowest BCUT2D eigenvalue weighted by molar-refractivity contribution is -0.134. The van der Waals surface area contributed by atoms with E-state index in [0.29, 0.717) is 11.5 Å². The molecule has 1 aromatic heterocycles. The molecule has 21 heavy (non-hydrogen) atoms. The lowest BCUT2D eigenvalue weighted by Crippen LogP contribution is -2.11. The van der Waals surface area contributed by atoms with Crippen LogP contribution < -0.4 is 0 Å². The minimum Gasteiger partial charge on any atom is -0.478 e. The van der Waals surface area contributed by atoms with Crippen molar-refractivity contribution in [3.8, 4) is 0 Å². The molecule has 0 radical (unpaired) electrons. The van der Waals surface area contributed by atoms with E-state index in [1.54, 1.807) is 6.92 Å². The summed E-state index contributed by atoms with van der Waals surface area (Å²) in [5.74, 6) is -0.494. The maximum Gasteiger partial charge on any atom is 0.389 e. The van der Waals surface area contributed by atoms with Gasteiger partial charge in [-0.3, -0.25) is 0 Å². The molecule has 0 fully saturated rings. The van der Waals surface area contributed by atoms with Crippen molar-refractivity contribution in [2.75, 3.05) is 5.75 Å². The van der Waals surface area contributed by atoms with Crippen LogP contribution in [0.2, 0.25) is 0 Å². The van der Waals surface area contributed by atoms with E-state index in [-0.39, 0.29) is 28.7 Å². The minimum absolute atomic E-state index is 0.0149. The standard InChI is InChI=1S/C13H17F3N2O2S/c1-7(2)10-17-8(3)9(12(19)20)11(18-10)21-6-4-5-13(14,15)16/h7H,4-6H2,1-3H3,(H,19,20).